The maximum Gasteiger partial charge on any atom is 0.319 e. The van der Waals surface area contributed by atoms with Crippen molar-refractivity contribution in [3.05, 3.63) is 52.8 Å². The number of urea groups is 1. The van der Waals surface area contributed by atoms with Crippen LogP contribution in [0.5, 0.6) is 0 Å². The first kappa shape index (κ1) is 21.5. The Morgan fingerprint density at radius 2 is 2.00 bits per heavy atom. The summed E-state index contributed by atoms with van der Waals surface area (Å²) < 4.78 is 27.4. The molecule has 2 aromatic rings. The van der Waals surface area contributed by atoms with Crippen molar-refractivity contribution in [1.82, 2.24) is 14.6 Å². The molecule has 1 aromatic carbocycles. The van der Waals surface area contributed by atoms with Crippen LogP contribution in [0.4, 0.5) is 10.5 Å². The molecule has 1 saturated heterocycles. The summed E-state index contributed by atoms with van der Waals surface area (Å²) in [7, 11) is -3.64. The van der Waals surface area contributed by atoms with E-state index in [0.29, 0.717) is 36.0 Å². The number of amides is 2. The standard InChI is InChI=1S/C20H25ClN4O3S/c1-14-5-7-17(8-6-14)24-20(26)23-11-16-4-3-9-25(13-16)29(27,28)18-10-15(2)19(21)22-12-18/h5-8,10,12,16H,3-4,9,11,13H2,1-2H3,(H2,23,24,26). The van der Waals surface area contributed by atoms with Crippen LogP contribution in [0.1, 0.15) is 24.0 Å². The Labute approximate surface area is 176 Å². The molecule has 7 nitrogen and oxygen atoms in total. The van der Waals surface area contributed by atoms with E-state index in [1.54, 1.807) is 13.0 Å². The van der Waals surface area contributed by atoms with Gasteiger partial charge >= 0.3 is 6.03 Å². The number of hydrogen-bond donors (Lipinski definition) is 2. The second-order valence-electron chi connectivity index (χ2n) is 7.35. The Kier molecular flexibility index (Phi) is 6.77. The average Bonchev–Trinajstić information content (AvgIpc) is 2.70. The molecule has 2 N–H and O–H groups in total. The second kappa shape index (κ2) is 9.11. The van der Waals surface area contributed by atoms with Crippen LogP contribution in [0, 0.1) is 19.8 Å². The number of benzene rings is 1. The Balaban J connectivity index is 1.57. The normalized spacial score (nSPS) is 17.7. The summed E-state index contributed by atoms with van der Waals surface area (Å²) in [5.74, 6) is 0.0450. The van der Waals surface area contributed by atoms with Crippen LogP contribution in [-0.4, -0.2) is 43.4 Å². The lowest BCUT2D eigenvalue weighted by Gasteiger charge is -2.32. The number of nitrogens with zero attached hydrogens (tertiary/aromatic N) is 2. The van der Waals surface area contributed by atoms with Crippen molar-refractivity contribution in [2.75, 3.05) is 25.0 Å². The Morgan fingerprint density at radius 3 is 2.69 bits per heavy atom. The monoisotopic (exact) mass is 436 g/mol. The zero-order valence-corrected chi connectivity index (χ0v) is 18.1. The molecule has 29 heavy (non-hydrogen) atoms. The van der Waals surface area contributed by atoms with Gasteiger partial charge in [0.2, 0.25) is 10.0 Å². The van der Waals surface area contributed by atoms with Gasteiger partial charge in [0.25, 0.3) is 0 Å². The fourth-order valence-electron chi connectivity index (χ4n) is 3.28. The van der Waals surface area contributed by atoms with Crippen molar-refractivity contribution in [1.29, 1.82) is 0 Å². The van der Waals surface area contributed by atoms with Crippen molar-refractivity contribution < 1.29 is 13.2 Å². The molecule has 0 saturated carbocycles. The number of piperidine rings is 1. The highest BCUT2D eigenvalue weighted by Crippen LogP contribution is 2.25. The maximum absolute atomic E-state index is 12.9. The highest BCUT2D eigenvalue weighted by Gasteiger charge is 2.31. The largest absolute Gasteiger partial charge is 0.338 e. The minimum absolute atomic E-state index is 0.0450. The summed E-state index contributed by atoms with van der Waals surface area (Å²) in [4.78, 5) is 16.2. The van der Waals surface area contributed by atoms with Crippen molar-refractivity contribution in [3.63, 3.8) is 0 Å². The number of hydrogen-bond acceptors (Lipinski definition) is 4. The lowest BCUT2D eigenvalue weighted by molar-refractivity contribution is 0.238. The predicted octanol–water partition coefficient (Wildman–Crippen LogP) is 3.57. The Bertz CT molecular complexity index is 980. The molecule has 1 fully saturated rings. The summed E-state index contributed by atoms with van der Waals surface area (Å²) in [6.45, 7) is 4.92. The van der Waals surface area contributed by atoms with E-state index in [9.17, 15) is 13.2 Å². The van der Waals surface area contributed by atoms with E-state index < -0.39 is 10.0 Å². The van der Waals surface area contributed by atoms with Crippen molar-refractivity contribution in [3.8, 4) is 0 Å². The molecule has 2 heterocycles. The second-order valence-corrected chi connectivity index (χ2v) is 9.65. The zero-order chi connectivity index (χ0) is 21.0. The van der Waals surface area contributed by atoms with Gasteiger partial charge in [-0.05, 0) is 56.4 Å². The van der Waals surface area contributed by atoms with Gasteiger partial charge in [0.15, 0.2) is 0 Å². The maximum atomic E-state index is 12.9. The lowest BCUT2D eigenvalue weighted by atomic mass is 10.00. The van der Waals surface area contributed by atoms with E-state index in [4.69, 9.17) is 11.6 Å². The molecule has 0 bridgehead atoms. The van der Waals surface area contributed by atoms with Crippen LogP contribution in [-0.2, 0) is 10.0 Å². The molecular weight excluding hydrogens is 412 g/mol. The summed E-state index contributed by atoms with van der Waals surface area (Å²) in [6, 6.07) is 8.77. The van der Waals surface area contributed by atoms with Crippen LogP contribution in [0.3, 0.4) is 0 Å². The number of pyridine rings is 1. The number of halogens is 1. The van der Waals surface area contributed by atoms with Gasteiger partial charge in [-0.25, -0.2) is 18.2 Å². The van der Waals surface area contributed by atoms with E-state index in [1.165, 1.54) is 10.5 Å². The van der Waals surface area contributed by atoms with Crippen molar-refractivity contribution in [2.45, 2.75) is 31.6 Å². The van der Waals surface area contributed by atoms with Gasteiger partial charge in [0.05, 0.1) is 0 Å². The third-order valence-corrected chi connectivity index (χ3v) is 7.20. The number of nitrogens with one attached hydrogen (secondary N) is 2. The highest BCUT2D eigenvalue weighted by molar-refractivity contribution is 7.89. The third kappa shape index (κ3) is 5.46. The lowest BCUT2D eigenvalue weighted by Crippen LogP contribution is -2.44. The molecule has 1 atom stereocenters. The number of anilines is 1. The van der Waals surface area contributed by atoms with Crippen molar-refractivity contribution in [2.24, 2.45) is 5.92 Å². The number of carbonyl (C=O) groups is 1. The van der Waals surface area contributed by atoms with Gasteiger partial charge < -0.3 is 10.6 Å². The first-order valence-corrected chi connectivity index (χ1v) is 11.3. The fraction of sp³-hybridized carbons (Fsp3) is 0.400. The van der Waals surface area contributed by atoms with Gasteiger partial charge in [0.1, 0.15) is 10.0 Å². The fourth-order valence-corrected chi connectivity index (χ4v) is 4.97. The molecule has 1 aliphatic rings. The van der Waals surface area contributed by atoms with Crippen LogP contribution < -0.4 is 10.6 Å². The van der Waals surface area contributed by atoms with Crippen LogP contribution in [0.25, 0.3) is 0 Å². The molecule has 0 spiro atoms. The molecule has 1 unspecified atom stereocenters. The van der Waals surface area contributed by atoms with Crippen molar-refractivity contribution >= 4 is 33.3 Å². The smallest absolute Gasteiger partial charge is 0.319 e. The van der Waals surface area contributed by atoms with Gasteiger partial charge in [-0.1, -0.05) is 29.3 Å². The molecule has 3 rings (SSSR count). The summed E-state index contributed by atoms with van der Waals surface area (Å²) in [6.07, 6.45) is 2.89. The third-order valence-electron chi connectivity index (χ3n) is 4.97. The van der Waals surface area contributed by atoms with Gasteiger partial charge in [-0.3, -0.25) is 0 Å². The van der Waals surface area contributed by atoms with Crippen LogP contribution in [0.2, 0.25) is 5.15 Å². The van der Waals surface area contributed by atoms with Crippen LogP contribution >= 0.6 is 11.6 Å². The quantitative estimate of drug-likeness (QED) is 0.701. The average molecular weight is 437 g/mol. The highest BCUT2D eigenvalue weighted by atomic mass is 35.5. The number of aromatic nitrogens is 1. The Hall–Kier alpha value is -2.16. The van der Waals surface area contributed by atoms with Gasteiger partial charge in [-0.2, -0.15) is 4.31 Å². The summed E-state index contributed by atoms with van der Waals surface area (Å²) in [5, 5.41) is 5.92. The van der Waals surface area contributed by atoms with E-state index in [1.807, 2.05) is 31.2 Å². The molecule has 0 radical (unpaired) electrons. The molecule has 1 aromatic heterocycles. The molecule has 9 heteroatoms. The van der Waals surface area contributed by atoms with Gasteiger partial charge in [0, 0.05) is 31.5 Å². The van der Waals surface area contributed by atoms with E-state index >= 15 is 0 Å². The molecule has 0 aliphatic carbocycles. The molecule has 1 aliphatic heterocycles. The predicted molar refractivity (Wildman–Crippen MR) is 114 cm³/mol. The minimum atomic E-state index is -3.64. The number of sulfonamides is 1. The van der Waals surface area contributed by atoms with E-state index in [0.717, 1.165) is 18.4 Å². The number of carbonyl (C=O) groups excluding carboxylic acids is 1. The number of rotatable bonds is 5. The molecule has 2 amide bonds. The first-order chi connectivity index (χ1) is 13.8. The topological polar surface area (TPSA) is 91.4 Å². The Morgan fingerprint density at radius 1 is 1.28 bits per heavy atom. The molecular formula is C20H25ClN4O3S. The summed E-state index contributed by atoms with van der Waals surface area (Å²) in [5.41, 5.74) is 2.45. The molecule has 156 valence electrons. The van der Waals surface area contributed by atoms with Crippen LogP contribution in [0.15, 0.2) is 41.4 Å². The number of aryl methyl sites for hydroxylation is 2. The van der Waals surface area contributed by atoms with E-state index in [-0.39, 0.29) is 16.8 Å². The first-order valence-electron chi connectivity index (χ1n) is 9.49. The minimum Gasteiger partial charge on any atom is -0.338 e. The van der Waals surface area contributed by atoms with Gasteiger partial charge in [-0.15, -0.1) is 0 Å². The SMILES string of the molecule is Cc1ccc(NC(=O)NCC2CCCN(S(=O)(=O)c3cnc(Cl)c(C)c3)C2)cc1. The van der Waals surface area contributed by atoms with E-state index in [2.05, 4.69) is 15.6 Å². The zero-order valence-electron chi connectivity index (χ0n) is 16.5. The summed E-state index contributed by atoms with van der Waals surface area (Å²) >= 11 is 5.91.